The van der Waals surface area contributed by atoms with Gasteiger partial charge in [-0.25, -0.2) is 8.78 Å². The van der Waals surface area contributed by atoms with E-state index in [1.54, 1.807) is 12.1 Å². The molecule has 0 N–H and O–H groups in total. The molecule has 0 unspecified atom stereocenters. The Morgan fingerprint density at radius 1 is 1.19 bits per heavy atom. The predicted molar refractivity (Wildman–Crippen MR) is 79.7 cm³/mol. The third kappa shape index (κ3) is 3.47. The summed E-state index contributed by atoms with van der Waals surface area (Å²) in [4.78, 5) is 12.3. The number of rotatable bonds is 4. The number of halogens is 3. The fraction of sp³-hybridized carbons (Fsp3) is 0.188. The second-order valence-corrected chi connectivity index (χ2v) is 5.60. The molecule has 2 rings (SSSR count). The Morgan fingerprint density at radius 2 is 1.90 bits per heavy atom. The van der Waals surface area contributed by atoms with E-state index in [9.17, 15) is 13.6 Å². The van der Waals surface area contributed by atoms with Crippen LogP contribution in [0.5, 0.6) is 5.75 Å². The van der Waals surface area contributed by atoms with Gasteiger partial charge in [0.05, 0.1) is 16.1 Å². The maximum atomic E-state index is 14.0. The molecule has 0 heterocycles. The summed E-state index contributed by atoms with van der Waals surface area (Å²) in [5.74, 6) is -2.04. The number of ether oxygens (including phenoxy) is 1. The fourth-order valence-corrected chi connectivity index (χ4v) is 2.19. The third-order valence-corrected chi connectivity index (χ3v) is 3.35. The van der Waals surface area contributed by atoms with Crippen molar-refractivity contribution in [3.8, 4) is 5.75 Å². The minimum absolute atomic E-state index is 0.0434. The molecule has 0 aliphatic heterocycles. The highest BCUT2D eigenvalue weighted by atomic mass is 79.9. The van der Waals surface area contributed by atoms with Crippen molar-refractivity contribution in [3.63, 3.8) is 0 Å². The minimum Gasteiger partial charge on any atom is -0.491 e. The molecule has 0 saturated heterocycles. The summed E-state index contributed by atoms with van der Waals surface area (Å²) in [6.07, 6.45) is -0.0605. The number of benzene rings is 2. The second-order valence-electron chi connectivity index (χ2n) is 4.74. The molecule has 0 saturated carbocycles. The van der Waals surface area contributed by atoms with Crippen LogP contribution in [0.2, 0.25) is 0 Å². The Labute approximate surface area is 129 Å². The first-order valence-corrected chi connectivity index (χ1v) is 7.14. The number of carbonyl (C=O) groups excluding carboxylic acids is 1. The van der Waals surface area contributed by atoms with Crippen molar-refractivity contribution in [3.05, 3.63) is 63.6 Å². The summed E-state index contributed by atoms with van der Waals surface area (Å²) < 4.78 is 33.3. The molecule has 0 bridgehead atoms. The van der Waals surface area contributed by atoms with Gasteiger partial charge in [0.2, 0.25) is 0 Å². The summed E-state index contributed by atoms with van der Waals surface area (Å²) in [6.45, 7) is 3.70. The molecule has 0 radical (unpaired) electrons. The largest absolute Gasteiger partial charge is 0.491 e. The van der Waals surface area contributed by atoms with Gasteiger partial charge in [0.15, 0.2) is 11.6 Å². The Hall–Kier alpha value is -1.75. The van der Waals surface area contributed by atoms with E-state index >= 15 is 0 Å². The molecule has 0 aliphatic rings. The topological polar surface area (TPSA) is 26.3 Å². The van der Waals surface area contributed by atoms with Crippen LogP contribution in [0.3, 0.4) is 0 Å². The van der Waals surface area contributed by atoms with Crippen molar-refractivity contribution >= 4 is 21.7 Å². The van der Waals surface area contributed by atoms with E-state index in [2.05, 4.69) is 15.9 Å². The van der Waals surface area contributed by atoms with Crippen LogP contribution in [0.15, 0.2) is 40.9 Å². The number of hydrogen-bond donors (Lipinski definition) is 0. The van der Waals surface area contributed by atoms with E-state index in [1.807, 2.05) is 13.8 Å². The lowest BCUT2D eigenvalue weighted by Gasteiger charge is -2.11. The van der Waals surface area contributed by atoms with Crippen LogP contribution < -0.4 is 4.74 Å². The van der Waals surface area contributed by atoms with Crippen LogP contribution in [-0.4, -0.2) is 11.9 Å². The second kappa shape index (κ2) is 6.35. The van der Waals surface area contributed by atoms with Gasteiger partial charge in [0.25, 0.3) is 0 Å². The van der Waals surface area contributed by atoms with Gasteiger partial charge in [-0.2, -0.15) is 0 Å². The molecule has 0 aliphatic carbocycles. The van der Waals surface area contributed by atoms with Crippen molar-refractivity contribution in [2.45, 2.75) is 20.0 Å². The summed E-state index contributed by atoms with van der Waals surface area (Å²) in [5.41, 5.74) is -0.407. The average molecular weight is 355 g/mol. The average Bonchev–Trinajstić information content (AvgIpc) is 2.43. The molecule has 2 nitrogen and oxygen atoms in total. The Kier molecular flexibility index (Phi) is 4.73. The smallest absolute Gasteiger partial charge is 0.199 e. The maximum Gasteiger partial charge on any atom is 0.199 e. The fourth-order valence-electron chi connectivity index (χ4n) is 1.86. The van der Waals surface area contributed by atoms with Gasteiger partial charge >= 0.3 is 0 Å². The number of hydrogen-bond acceptors (Lipinski definition) is 2. The van der Waals surface area contributed by atoms with Crippen LogP contribution in [0.1, 0.15) is 29.8 Å². The van der Waals surface area contributed by atoms with E-state index < -0.39 is 23.0 Å². The quantitative estimate of drug-likeness (QED) is 0.585. The molecule has 2 aromatic carbocycles. The molecule has 21 heavy (non-hydrogen) atoms. The summed E-state index contributed by atoms with van der Waals surface area (Å²) in [6, 6.07) is 8.54. The molecule has 0 aromatic heterocycles. The Balaban J connectivity index is 2.43. The minimum atomic E-state index is -0.907. The van der Waals surface area contributed by atoms with E-state index in [0.29, 0.717) is 5.75 Å². The van der Waals surface area contributed by atoms with Crippen molar-refractivity contribution < 1.29 is 18.3 Å². The van der Waals surface area contributed by atoms with Crippen LogP contribution >= 0.6 is 15.9 Å². The number of ketones is 1. The monoisotopic (exact) mass is 354 g/mol. The van der Waals surface area contributed by atoms with Crippen molar-refractivity contribution in [2.24, 2.45) is 0 Å². The predicted octanol–water partition coefficient (Wildman–Crippen LogP) is 4.75. The van der Waals surface area contributed by atoms with Crippen molar-refractivity contribution in [2.75, 3.05) is 0 Å². The molecular weight excluding hydrogens is 342 g/mol. The highest BCUT2D eigenvalue weighted by Gasteiger charge is 2.21. The van der Waals surface area contributed by atoms with E-state index in [-0.39, 0.29) is 16.1 Å². The lowest BCUT2D eigenvalue weighted by atomic mass is 10.0. The molecule has 0 amide bonds. The van der Waals surface area contributed by atoms with Crippen LogP contribution in [-0.2, 0) is 0 Å². The molecule has 0 atom stereocenters. The zero-order valence-corrected chi connectivity index (χ0v) is 13.1. The first kappa shape index (κ1) is 15.6. The van der Waals surface area contributed by atoms with Gasteiger partial charge in [-0.05, 0) is 54.0 Å². The maximum absolute atomic E-state index is 14.0. The molecular formula is C16H13BrF2O2. The first-order chi connectivity index (χ1) is 9.90. The van der Waals surface area contributed by atoms with Gasteiger partial charge in [-0.15, -0.1) is 0 Å². The molecule has 2 aromatic rings. The molecule has 0 spiro atoms. The SMILES string of the molecule is CC(C)Oc1cccc(C(=O)c2c(F)ccc(Br)c2F)c1. The molecule has 110 valence electrons. The van der Waals surface area contributed by atoms with Gasteiger partial charge in [0.1, 0.15) is 11.6 Å². The normalized spacial score (nSPS) is 10.8. The zero-order valence-electron chi connectivity index (χ0n) is 11.5. The summed E-state index contributed by atoms with van der Waals surface area (Å²) in [7, 11) is 0. The lowest BCUT2D eigenvalue weighted by Crippen LogP contribution is -2.10. The van der Waals surface area contributed by atoms with Crippen LogP contribution in [0.25, 0.3) is 0 Å². The van der Waals surface area contributed by atoms with E-state index in [1.165, 1.54) is 18.2 Å². The Bertz CT molecular complexity index is 684. The summed E-state index contributed by atoms with van der Waals surface area (Å²) >= 11 is 2.95. The zero-order chi connectivity index (χ0) is 15.6. The van der Waals surface area contributed by atoms with Gasteiger partial charge in [-0.3, -0.25) is 4.79 Å². The van der Waals surface area contributed by atoms with Gasteiger partial charge in [0, 0.05) is 5.56 Å². The van der Waals surface area contributed by atoms with Gasteiger partial charge < -0.3 is 4.74 Å². The van der Waals surface area contributed by atoms with Crippen LogP contribution in [0.4, 0.5) is 8.78 Å². The van der Waals surface area contributed by atoms with Crippen molar-refractivity contribution in [1.29, 1.82) is 0 Å². The first-order valence-electron chi connectivity index (χ1n) is 6.35. The highest BCUT2D eigenvalue weighted by Crippen LogP contribution is 2.25. The number of carbonyl (C=O) groups is 1. The summed E-state index contributed by atoms with van der Waals surface area (Å²) in [5, 5.41) is 0. The van der Waals surface area contributed by atoms with E-state index in [0.717, 1.165) is 6.07 Å². The third-order valence-electron chi connectivity index (χ3n) is 2.74. The van der Waals surface area contributed by atoms with Crippen molar-refractivity contribution in [1.82, 2.24) is 0 Å². The molecule has 0 fully saturated rings. The molecule has 5 heteroatoms. The highest BCUT2D eigenvalue weighted by molar-refractivity contribution is 9.10. The lowest BCUT2D eigenvalue weighted by molar-refractivity contribution is 0.103. The standard InChI is InChI=1S/C16H13BrF2O2/c1-9(2)21-11-5-3-4-10(8-11)16(20)14-13(18)7-6-12(17)15(14)19/h3-9H,1-2H3. The Morgan fingerprint density at radius 3 is 2.57 bits per heavy atom. The van der Waals surface area contributed by atoms with Crippen LogP contribution in [0, 0.1) is 11.6 Å². The van der Waals surface area contributed by atoms with Gasteiger partial charge in [-0.1, -0.05) is 12.1 Å². The van der Waals surface area contributed by atoms with E-state index in [4.69, 9.17) is 4.74 Å².